The highest BCUT2D eigenvalue weighted by atomic mass is 32.2. The molecule has 0 aliphatic heterocycles. The van der Waals surface area contributed by atoms with Crippen molar-refractivity contribution in [3.8, 4) is 29.0 Å². The number of anilines is 1. The molecule has 0 bridgehead atoms. The van der Waals surface area contributed by atoms with Gasteiger partial charge in [-0.15, -0.1) is 21.5 Å². The maximum absolute atomic E-state index is 12.9. The molecule has 1 aliphatic rings. The van der Waals surface area contributed by atoms with Gasteiger partial charge < -0.3 is 19.2 Å². The second-order valence-electron chi connectivity index (χ2n) is 7.57. The zero-order chi connectivity index (χ0) is 23.4. The van der Waals surface area contributed by atoms with Crippen molar-refractivity contribution < 1.29 is 18.7 Å². The van der Waals surface area contributed by atoms with Gasteiger partial charge in [0.1, 0.15) is 22.6 Å². The lowest BCUT2D eigenvalue weighted by Crippen LogP contribution is -2.22. The first-order valence-electron chi connectivity index (χ1n) is 10.6. The Labute approximate surface area is 200 Å². The van der Waals surface area contributed by atoms with Gasteiger partial charge in [0.25, 0.3) is 11.1 Å². The fourth-order valence-corrected chi connectivity index (χ4v) is 5.63. The molecule has 2 aromatic heterocycles. The number of nitriles is 1. The first-order chi connectivity index (χ1) is 16.0. The fourth-order valence-electron chi connectivity index (χ4n) is 3.71. The first kappa shape index (κ1) is 23.1. The molecular formula is C23H24N4O4S2. The number of thioether (sulfide) groups is 1. The molecule has 1 amide bonds. The summed E-state index contributed by atoms with van der Waals surface area (Å²) in [6, 6.07) is 7.58. The number of ether oxygens (including phenoxy) is 2. The zero-order valence-electron chi connectivity index (χ0n) is 18.6. The number of benzene rings is 1. The molecule has 8 nitrogen and oxygen atoms in total. The number of aromatic nitrogens is 2. The van der Waals surface area contributed by atoms with Crippen LogP contribution in [0.15, 0.2) is 27.8 Å². The van der Waals surface area contributed by atoms with E-state index in [0.717, 1.165) is 43.0 Å². The smallest absolute Gasteiger partial charge is 0.277 e. The van der Waals surface area contributed by atoms with Gasteiger partial charge in [-0.2, -0.15) is 5.26 Å². The zero-order valence-corrected chi connectivity index (χ0v) is 20.3. The van der Waals surface area contributed by atoms with Gasteiger partial charge in [-0.1, -0.05) is 18.2 Å². The van der Waals surface area contributed by atoms with Crippen molar-refractivity contribution in [1.29, 1.82) is 5.26 Å². The third-order valence-electron chi connectivity index (χ3n) is 5.46. The van der Waals surface area contributed by atoms with Crippen molar-refractivity contribution in [3.63, 3.8) is 0 Å². The van der Waals surface area contributed by atoms with E-state index in [-0.39, 0.29) is 11.1 Å². The van der Waals surface area contributed by atoms with Crippen LogP contribution >= 0.6 is 23.1 Å². The van der Waals surface area contributed by atoms with Crippen LogP contribution in [-0.4, -0.2) is 35.6 Å². The molecule has 4 rings (SSSR count). The third kappa shape index (κ3) is 4.99. The number of thiophene rings is 1. The lowest BCUT2D eigenvalue weighted by atomic mass is 10.1. The molecule has 1 unspecified atom stereocenters. The molecule has 0 spiro atoms. The van der Waals surface area contributed by atoms with E-state index in [2.05, 4.69) is 21.6 Å². The van der Waals surface area contributed by atoms with Crippen molar-refractivity contribution in [2.75, 3.05) is 19.5 Å². The Morgan fingerprint density at radius 2 is 2.06 bits per heavy atom. The van der Waals surface area contributed by atoms with E-state index in [4.69, 9.17) is 13.9 Å². The molecule has 172 valence electrons. The Balaban J connectivity index is 1.46. The largest absolute Gasteiger partial charge is 0.497 e. The summed E-state index contributed by atoms with van der Waals surface area (Å²) in [4.78, 5) is 14.1. The summed E-state index contributed by atoms with van der Waals surface area (Å²) in [5, 5.41) is 21.2. The Bertz CT molecular complexity index is 1200. The average Bonchev–Trinajstić information content (AvgIpc) is 3.34. The molecule has 0 fully saturated rings. The molecule has 1 N–H and O–H groups in total. The van der Waals surface area contributed by atoms with E-state index in [1.807, 2.05) is 0 Å². The number of rotatable bonds is 7. The van der Waals surface area contributed by atoms with E-state index in [0.29, 0.717) is 33.5 Å². The predicted octanol–water partition coefficient (Wildman–Crippen LogP) is 5.08. The number of nitrogens with zero attached hydrogens (tertiary/aromatic N) is 3. The van der Waals surface area contributed by atoms with Gasteiger partial charge in [0.05, 0.1) is 30.6 Å². The van der Waals surface area contributed by atoms with E-state index in [9.17, 15) is 10.1 Å². The standard InChI is InChI=1S/C23H24N4O4S2/c1-13(20(28)25-22-17(12-24)15-7-5-4-6-8-19(15)33-22)32-23-27-26-21(31-23)16-10-9-14(29-2)11-18(16)30-3/h9-11,13H,4-8H2,1-3H3,(H,25,28). The summed E-state index contributed by atoms with van der Waals surface area (Å²) in [6.45, 7) is 1.77. The minimum atomic E-state index is -0.496. The molecular weight excluding hydrogens is 460 g/mol. The average molecular weight is 485 g/mol. The van der Waals surface area contributed by atoms with Crippen molar-refractivity contribution in [1.82, 2.24) is 10.2 Å². The van der Waals surface area contributed by atoms with Gasteiger partial charge in [-0.25, -0.2) is 0 Å². The van der Waals surface area contributed by atoms with Gasteiger partial charge in [-0.05, 0) is 50.3 Å². The number of carbonyl (C=O) groups excluding carboxylic acids is 1. The summed E-state index contributed by atoms with van der Waals surface area (Å²) in [7, 11) is 3.13. The van der Waals surface area contributed by atoms with Crippen LogP contribution in [0.5, 0.6) is 11.5 Å². The molecule has 1 aliphatic carbocycles. The molecule has 0 saturated heterocycles. The third-order valence-corrected chi connectivity index (χ3v) is 7.60. The number of fused-ring (bicyclic) bond motifs is 1. The summed E-state index contributed by atoms with van der Waals surface area (Å²) in [6.07, 6.45) is 5.24. The number of carbonyl (C=O) groups is 1. The van der Waals surface area contributed by atoms with E-state index in [1.165, 1.54) is 22.6 Å². The molecule has 3 aromatic rings. The van der Waals surface area contributed by atoms with Gasteiger partial charge in [-0.3, -0.25) is 4.79 Å². The lowest BCUT2D eigenvalue weighted by molar-refractivity contribution is -0.115. The first-order valence-corrected chi connectivity index (χ1v) is 12.3. The molecule has 0 saturated carbocycles. The maximum Gasteiger partial charge on any atom is 0.277 e. The van der Waals surface area contributed by atoms with Crippen LogP contribution in [0.4, 0.5) is 5.00 Å². The summed E-state index contributed by atoms with van der Waals surface area (Å²) < 4.78 is 16.4. The highest BCUT2D eigenvalue weighted by Crippen LogP contribution is 2.38. The Kier molecular flexibility index (Phi) is 7.20. The van der Waals surface area contributed by atoms with Crippen LogP contribution in [0, 0.1) is 11.3 Å². The number of nitrogens with one attached hydrogen (secondary N) is 1. The molecule has 1 aromatic carbocycles. The van der Waals surface area contributed by atoms with Crippen molar-refractivity contribution in [3.05, 3.63) is 34.2 Å². The Morgan fingerprint density at radius 1 is 1.24 bits per heavy atom. The van der Waals surface area contributed by atoms with Crippen molar-refractivity contribution in [2.24, 2.45) is 0 Å². The summed E-state index contributed by atoms with van der Waals surface area (Å²) in [5.74, 6) is 1.27. The lowest BCUT2D eigenvalue weighted by Gasteiger charge is -2.09. The van der Waals surface area contributed by atoms with Crippen molar-refractivity contribution in [2.45, 2.75) is 49.5 Å². The van der Waals surface area contributed by atoms with Crippen LogP contribution in [0.1, 0.15) is 42.2 Å². The van der Waals surface area contributed by atoms with Gasteiger partial charge in [0, 0.05) is 10.9 Å². The summed E-state index contributed by atoms with van der Waals surface area (Å²) >= 11 is 2.68. The van der Waals surface area contributed by atoms with E-state index >= 15 is 0 Å². The summed E-state index contributed by atoms with van der Waals surface area (Å²) in [5.41, 5.74) is 2.34. The fraction of sp³-hybridized carbons (Fsp3) is 0.391. The predicted molar refractivity (Wildman–Crippen MR) is 127 cm³/mol. The topological polar surface area (TPSA) is 110 Å². The molecule has 2 heterocycles. The highest BCUT2D eigenvalue weighted by Gasteiger charge is 2.24. The van der Waals surface area contributed by atoms with Crippen LogP contribution in [0.25, 0.3) is 11.5 Å². The molecule has 1 atom stereocenters. The van der Waals surface area contributed by atoms with Crippen LogP contribution in [0.2, 0.25) is 0 Å². The van der Waals surface area contributed by atoms with E-state index in [1.54, 1.807) is 39.3 Å². The van der Waals surface area contributed by atoms with Gasteiger partial charge in [0.2, 0.25) is 5.91 Å². The number of methoxy groups -OCH3 is 2. The van der Waals surface area contributed by atoms with Crippen LogP contribution < -0.4 is 14.8 Å². The molecule has 0 radical (unpaired) electrons. The quantitative estimate of drug-likeness (QED) is 0.365. The minimum Gasteiger partial charge on any atom is -0.497 e. The number of amides is 1. The van der Waals surface area contributed by atoms with Crippen LogP contribution in [0.3, 0.4) is 0 Å². The van der Waals surface area contributed by atoms with E-state index < -0.39 is 5.25 Å². The monoisotopic (exact) mass is 484 g/mol. The van der Waals surface area contributed by atoms with Crippen molar-refractivity contribution >= 4 is 34.0 Å². The number of aryl methyl sites for hydroxylation is 1. The second-order valence-corrected chi connectivity index (χ2v) is 9.97. The van der Waals surface area contributed by atoms with Crippen LogP contribution in [-0.2, 0) is 17.6 Å². The highest BCUT2D eigenvalue weighted by molar-refractivity contribution is 8.00. The molecule has 10 heteroatoms. The molecule has 33 heavy (non-hydrogen) atoms. The Morgan fingerprint density at radius 3 is 2.82 bits per heavy atom. The van der Waals surface area contributed by atoms with Gasteiger partial charge in [0.15, 0.2) is 0 Å². The normalized spacial score (nSPS) is 14.0. The minimum absolute atomic E-state index is 0.213. The Hall–Kier alpha value is -3.03. The second kappa shape index (κ2) is 10.3. The number of hydrogen-bond donors (Lipinski definition) is 1. The van der Waals surface area contributed by atoms with Gasteiger partial charge >= 0.3 is 0 Å². The maximum atomic E-state index is 12.9. The SMILES string of the molecule is COc1ccc(-c2nnc(SC(C)C(=O)Nc3sc4c(c3C#N)CCCCC4)o2)c(OC)c1. The number of hydrogen-bond acceptors (Lipinski definition) is 9.